The van der Waals surface area contributed by atoms with Crippen LogP contribution >= 0.6 is 12.6 Å². The van der Waals surface area contributed by atoms with Crippen LogP contribution in [0.2, 0.25) is 0 Å². The molecule has 0 unspecified atom stereocenters. The first kappa shape index (κ1) is 12.0. The molecular formula is C12H20N2OS. The second-order valence-electron chi connectivity index (χ2n) is 4.60. The largest absolute Gasteiger partial charge is 0.381 e. The lowest BCUT2D eigenvalue weighted by molar-refractivity contribution is 0.0178. The Kier molecular flexibility index (Phi) is 3.92. The number of hydrogen-bond donors (Lipinski definition) is 1. The molecule has 0 N–H and O–H groups in total. The first-order valence-corrected chi connectivity index (χ1v) is 6.61. The van der Waals surface area contributed by atoms with E-state index in [9.17, 15) is 0 Å². The summed E-state index contributed by atoms with van der Waals surface area (Å²) in [6.45, 7) is 4.92. The Morgan fingerprint density at radius 1 is 1.50 bits per heavy atom. The molecule has 3 nitrogen and oxygen atoms in total. The van der Waals surface area contributed by atoms with Crippen molar-refractivity contribution in [2.45, 2.75) is 32.7 Å². The molecule has 0 amide bonds. The summed E-state index contributed by atoms with van der Waals surface area (Å²) in [5.41, 5.74) is 0.298. The van der Waals surface area contributed by atoms with Gasteiger partial charge in [0.1, 0.15) is 5.82 Å². The number of aromatic nitrogens is 2. The maximum atomic E-state index is 5.44. The molecule has 1 aliphatic heterocycles. The number of imidazole rings is 1. The van der Waals surface area contributed by atoms with Gasteiger partial charge < -0.3 is 9.30 Å². The number of ether oxygens (including phenoxy) is 1. The van der Waals surface area contributed by atoms with Gasteiger partial charge in [0, 0.05) is 44.0 Å². The highest BCUT2D eigenvalue weighted by atomic mass is 32.1. The molecule has 0 aromatic carbocycles. The van der Waals surface area contributed by atoms with Gasteiger partial charge in [-0.15, -0.1) is 0 Å². The Bertz CT molecular complexity index is 332. The van der Waals surface area contributed by atoms with Crippen molar-refractivity contribution < 1.29 is 4.74 Å². The highest BCUT2D eigenvalue weighted by Gasteiger charge is 2.32. The van der Waals surface area contributed by atoms with Crippen molar-refractivity contribution in [1.29, 1.82) is 0 Å². The zero-order valence-electron chi connectivity index (χ0n) is 9.85. The van der Waals surface area contributed by atoms with E-state index in [4.69, 9.17) is 4.74 Å². The van der Waals surface area contributed by atoms with E-state index in [1.54, 1.807) is 0 Å². The van der Waals surface area contributed by atoms with Gasteiger partial charge >= 0.3 is 0 Å². The number of aryl methyl sites for hydroxylation is 1. The second-order valence-corrected chi connectivity index (χ2v) is 4.91. The van der Waals surface area contributed by atoms with E-state index < -0.39 is 0 Å². The van der Waals surface area contributed by atoms with Crippen molar-refractivity contribution in [3.63, 3.8) is 0 Å². The maximum Gasteiger partial charge on any atom is 0.108 e. The average molecular weight is 240 g/mol. The van der Waals surface area contributed by atoms with E-state index in [2.05, 4.69) is 35.3 Å². The minimum absolute atomic E-state index is 0.298. The Hall–Kier alpha value is -0.480. The van der Waals surface area contributed by atoms with Crippen LogP contribution in [0.25, 0.3) is 0 Å². The topological polar surface area (TPSA) is 27.1 Å². The number of hydrogen-bond acceptors (Lipinski definition) is 3. The van der Waals surface area contributed by atoms with Gasteiger partial charge in [-0.1, -0.05) is 6.92 Å². The molecule has 0 saturated carbocycles. The fourth-order valence-corrected chi connectivity index (χ4v) is 2.75. The van der Waals surface area contributed by atoms with Crippen molar-refractivity contribution in [3.8, 4) is 0 Å². The lowest BCUT2D eigenvalue weighted by Crippen LogP contribution is -2.35. The quantitative estimate of drug-likeness (QED) is 0.817. The van der Waals surface area contributed by atoms with Crippen LogP contribution in [0.3, 0.4) is 0 Å². The van der Waals surface area contributed by atoms with Crippen LogP contribution in [0.1, 0.15) is 25.6 Å². The van der Waals surface area contributed by atoms with Gasteiger partial charge in [-0.05, 0) is 18.6 Å². The van der Waals surface area contributed by atoms with Gasteiger partial charge in [-0.3, -0.25) is 0 Å². The molecule has 1 fully saturated rings. The van der Waals surface area contributed by atoms with Crippen LogP contribution in [0, 0.1) is 5.41 Å². The van der Waals surface area contributed by atoms with Crippen molar-refractivity contribution in [1.82, 2.24) is 9.55 Å². The average Bonchev–Trinajstić information content (AvgIpc) is 2.77. The standard InChI is InChI=1S/C12H20N2OS/c1-2-11-13-5-6-14(11)9-12(10-16)3-7-15-8-4-12/h5-6,16H,2-4,7-10H2,1H3. The summed E-state index contributed by atoms with van der Waals surface area (Å²) in [5, 5.41) is 0. The predicted molar refractivity (Wildman–Crippen MR) is 67.9 cm³/mol. The third-order valence-electron chi connectivity index (χ3n) is 3.51. The van der Waals surface area contributed by atoms with E-state index in [-0.39, 0.29) is 0 Å². The van der Waals surface area contributed by atoms with Crippen molar-refractivity contribution in [3.05, 3.63) is 18.2 Å². The molecule has 0 spiro atoms. The van der Waals surface area contributed by atoms with E-state index in [1.165, 1.54) is 5.82 Å². The molecule has 1 aromatic rings. The van der Waals surface area contributed by atoms with Gasteiger partial charge in [0.15, 0.2) is 0 Å². The Morgan fingerprint density at radius 2 is 2.25 bits per heavy atom. The lowest BCUT2D eigenvalue weighted by Gasteiger charge is -2.36. The Morgan fingerprint density at radius 3 is 2.88 bits per heavy atom. The van der Waals surface area contributed by atoms with Crippen LogP contribution < -0.4 is 0 Å². The SMILES string of the molecule is CCc1nccn1CC1(CS)CCOCC1. The summed E-state index contributed by atoms with van der Waals surface area (Å²) in [5.74, 6) is 2.10. The predicted octanol–water partition coefficient (Wildman–Crippen LogP) is 2.17. The van der Waals surface area contributed by atoms with Crippen LogP contribution in [0.15, 0.2) is 12.4 Å². The van der Waals surface area contributed by atoms with Gasteiger partial charge in [0.05, 0.1) is 0 Å². The first-order valence-electron chi connectivity index (χ1n) is 5.98. The summed E-state index contributed by atoms with van der Waals surface area (Å²) >= 11 is 4.53. The van der Waals surface area contributed by atoms with Gasteiger partial charge in [0.2, 0.25) is 0 Å². The highest BCUT2D eigenvalue weighted by Crippen LogP contribution is 2.33. The molecule has 2 heterocycles. The van der Waals surface area contributed by atoms with Gasteiger partial charge in [-0.2, -0.15) is 12.6 Å². The van der Waals surface area contributed by atoms with Gasteiger partial charge in [-0.25, -0.2) is 4.98 Å². The molecule has 0 atom stereocenters. The monoisotopic (exact) mass is 240 g/mol. The minimum Gasteiger partial charge on any atom is -0.381 e. The summed E-state index contributed by atoms with van der Waals surface area (Å²) in [6.07, 6.45) is 7.19. The fraction of sp³-hybridized carbons (Fsp3) is 0.750. The third-order valence-corrected chi connectivity index (χ3v) is 4.18. The summed E-state index contributed by atoms with van der Waals surface area (Å²) < 4.78 is 7.72. The molecule has 16 heavy (non-hydrogen) atoms. The normalized spacial score (nSPS) is 19.9. The van der Waals surface area contributed by atoms with Crippen LogP contribution in [-0.4, -0.2) is 28.5 Å². The fourth-order valence-electron chi connectivity index (χ4n) is 2.33. The second kappa shape index (κ2) is 5.23. The molecule has 90 valence electrons. The van der Waals surface area contributed by atoms with Crippen LogP contribution in [0.5, 0.6) is 0 Å². The molecular weight excluding hydrogens is 220 g/mol. The van der Waals surface area contributed by atoms with Crippen LogP contribution in [0.4, 0.5) is 0 Å². The zero-order chi connectivity index (χ0) is 11.4. The lowest BCUT2D eigenvalue weighted by atomic mass is 9.82. The van der Waals surface area contributed by atoms with Crippen LogP contribution in [-0.2, 0) is 17.7 Å². The Balaban J connectivity index is 2.11. The highest BCUT2D eigenvalue weighted by molar-refractivity contribution is 7.80. The number of nitrogens with zero attached hydrogens (tertiary/aromatic N) is 2. The Labute approximate surface area is 103 Å². The number of thiol groups is 1. The summed E-state index contributed by atoms with van der Waals surface area (Å²) in [7, 11) is 0. The van der Waals surface area contributed by atoms with Crippen molar-refractivity contribution in [2.75, 3.05) is 19.0 Å². The molecule has 0 aliphatic carbocycles. The molecule has 0 bridgehead atoms. The zero-order valence-corrected chi connectivity index (χ0v) is 10.7. The summed E-state index contributed by atoms with van der Waals surface area (Å²) in [6, 6.07) is 0. The van der Waals surface area contributed by atoms with E-state index >= 15 is 0 Å². The molecule has 0 radical (unpaired) electrons. The first-order chi connectivity index (χ1) is 7.79. The summed E-state index contributed by atoms with van der Waals surface area (Å²) in [4.78, 5) is 4.37. The van der Waals surface area contributed by atoms with Crippen molar-refractivity contribution >= 4 is 12.6 Å². The molecule has 1 saturated heterocycles. The van der Waals surface area contributed by atoms with Crippen molar-refractivity contribution in [2.24, 2.45) is 5.41 Å². The van der Waals surface area contributed by atoms with Gasteiger partial charge in [0.25, 0.3) is 0 Å². The minimum atomic E-state index is 0.298. The maximum absolute atomic E-state index is 5.44. The molecule has 2 rings (SSSR count). The van der Waals surface area contributed by atoms with E-state index in [0.29, 0.717) is 5.41 Å². The smallest absolute Gasteiger partial charge is 0.108 e. The molecule has 1 aromatic heterocycles. The third kappa shape index (κ3) is 2.43. The van der Waals surface area contributed by atoms with E-state index in [0.717, 1.165) is 44.8 Å². The van der Waals surface area contributed by atoms with E-state index in [1.807, 2.05) is 6.20 Å². The molecule has 1 aliphatic rings. The number of rotatable bonds is 4. The molecule has 4 heteroatoms.